The zero-order valence-corrected chi connectivity index (χ0v) is 22.0. The van der Waals surface area contributed by atoms with Gasteiger partial charge in [0.15, 0.2) is 0 Å². The standard InChI is InChI=1S/C30H48O3/c1-18(25(32)33)19-10-13-27(4)16-17-29(6)20(24(19)27)8-9-22-28(5)14-12-23(31)26(2,3)21(28)11-15-30(22,29)7/h19-24,31H,1,8-17H2,2-7H3,(H,32,33)/t19-,20?,21-,22+,23-,24?,27+,28-,29+,30+/m0/s1. The Morgan fingerprint density at radius 2 is 1.48 bits per heavy atom. The molecule has 33 heavy (non-hydrogen) atoms. The van der Waals surface area contributed by atoms with Crippen molar-refractivity contribution in [3.05, 3.63) is 12.2 Å². The average Bonchev–Trinajstić information content (AvgIpc) is 3.08. The predicted octanol–water partition coefficient (Wildman–Crippen LogP) is 7.09. The van der Waals surface area contributed by atoms with Gasteiger partial charge < -0.3 is 10.2 Å². The van der Waals surface area contributed by atoms with Crippen LogP contribution in [-0.4, -0.2) is 22.3 Å². The summed E-state index contributed by atoms with van der Waals surface area (Å²) in [6.45, 7) is 19.0. The Balaban J connectivity index is 1.54. The smallest absolute Gasteiger partial charge is 0.331 e. The number of carbonyl (C=O) groups is 1. The van der Waals surface area contributed by atoms with Gasteiger partial charge >= 0.3 is 5.97 Å². The van der Waals surface area contributed by atoms with Gasteiger partial charge in [-0.15, -0.1) is 0 Å². The monoisotopic (exact) mass is 456 g/mol. The van der Waals surface area contributed by atoms with Gasteiger partial charge in [-0.2, -0.15) is 0 Å². The second kappa shape index (κ2) is 7.11. The summed E-state index contributed by atoms with van der Waals surface area (Å²) >= 11 is 0. The minimum absolute atomic E-state index is 0.00695. The van der Waals surface area contributed by atoms with Gasteiger partial charge in [-0.05, 0) is 121 Å². The number of hydrogen-bond acceptors (Lipinski definition) is 2. The molecule has 3 nitrogen and oxygen atoms in total. The third kappa shape index (κ3) is 2.87. The average molecular weight is 457 g/mol. The fourth-order valence-corrected chi connectivity index (χ4v) is 11.5. The van der Waals surface area contributed by atoms with Gasteiger partial charge in [0.05, 0.1) is 6.10 Å². The maximum Gasteiger partial charge on any atom is 0.331 e. The van der Waals surface area contributed by atoms with E-state index in [0.29, 0.717) is 40.1 Å². The minimum Gasteiger partial charge on any atom is -0.478 e. The van der Waals surface area contributed by atoms with Gasteiger partial charge in [-0.25, -0.2) is 4.79 Å². The van der Waals surface area contributed by atoms with E-state index in [4.69, 9.17) is 0 Å². The number of aliphatic carboxylic acids is 1. The van der Waals surface area contributed by atoms with Crippen molar-refractivity contribution in [1.29, 1.82) is 0 Å². The molecular weight excluding hydrogens is 408 g/mol. The van der Waals surface area contributed by atoms with Crippen LogP contribution in [0.4, 0.5) is 0 Å². The Bertz CT molecular complexity index is 861. The molecule has 0 aromatic carbocycles. The number of aliphatic hydroxyl groups is 1. The van der Waals surface area contributed by atoms with E-state index in [1.54, 1.807) is 0 Å². The lowest BCUT2D eigenvalue weighted by Gasteiger charge is -2.72. The number of rotatable bonds is 2. The zero-order chi connectivity index (χ0) is 24.2. The SMILES string of the molecule is C=C(C(=O)O)[C@@H]1CC[C@]2(C)CC[C@]3(C)C(CC[C@@H]4[C@@]5(C)CC[C@H](O)C(C)(C)[C@@H]5CC[C@]43C)C12. The number of aliphatic hydroxyl groups excluding tert-OH is 1. The molecule has 186 valence electrons. The van der Waals surface area contributed by atoms with E-state index in [1.165, 1.54) is 38.5 Å². The van der Waals surface area contributed by atoms with Crippen molar-refractivity contribution in [2.45, 2.75) is 112 Å². The molecule has 0 saturated heterocycles. The molecule has 10 atom stereocenters. The Kier molecular flexibility index (Phi) is 5.15. The van der Waals surface area contributed by atoms with Gasteiger partial charge in [0.1, 0.15) is 0 Å². The van der Waals surface area contributed by atoms with E-state index in [9.17, 15) is 15.0 Å². The molecule has 5 aliphatic rings. The summed E-state index contributed by atoms with van der Waals surface area (Å²) in [7, 11) is 0. The first-order chi connectivity index (χ1) is 15.2. The highest BCUT2D eigenvalue weighted by Gasteiger charge is 2.70. The molecule has 0 amide bonds. The summed E-state index contributed by atoms with van der Waals surface area (Å²) in [4.78, 5) is 12.0. The second-order valence-electron chi connectivity index (χ2n) is 14.7. The Morgan fingerprint density at radius 3 is 2.15 bits per heavy atom. The van der Waals surface area contributed by atoms with Crippen LogP contribution in [0.25, 0.3) is 0 Å². The maximum atomic E-state index is 12.0. The molecular formula is C30H48O3. The lowest BCUT2D eigenvalue weighted by Crippen LogP contribution is -2.66. The highest BCUT2D eigenvalue weighted by atomic mass is 16.4. The molecule has 5 fully saturated rings. The molecule has 5 rings (SSSR count). The predicted molar refractivity (Wildman–Crippen MR) is 133 cm³/mol. The first-order valence-electron chi connectivity index (χ1n) is 13.8. The molecule has 3 heteroatoms. The number of carboxylic acid groups (broad SMARTS) is 1. The van der Waals surface area contributed by atoms with Crippen molar-refractivity contribution in [3.8, 4) is 0 Å². The van der Waals surface area contributed by atoms with Crippen LogP contribution in [0.15, 0.2) is 12.2 Å². The molecule has 2 N–H and O–H groups in total. The summed E-state index contributed by atoms with van der Waals surface area (Å²) in [5.41, 5.74) is 1.58. The van der Waals surface area contributed by atoms with Gasteiger partial charge in [0, 0.05) is 5.57 Å². The van der Waals surface area contributed by atoms with Crippen LogP contribution in [0, 0.1) is 56.7 Å². The summed E-state index contributed by atoms with van der Waals surface area (Å²) in [6, 6.07) is 0. The number of carboxylic acids is 1. The van der Waals surface area contributed by atoms with E-state index in [2.05, 4.69) is 48.1 Å². The molecule has 5 saturated carbocycles. The molecule has 0 aromatic heterocycles. The van der Waals surface area contributed by atoms with Crippen LogP contribution in [-0.2, 0) is 4.79 Å². The normalized spacial score (nSPS) is 55.0. The Hall–Kier alpha value is -0.830. The van der Waals surface area contributed by atoms with Gasteiger partial charge in [0.2, 0.25) is 0 Å². The van der Waals surface area contributed by atoms with Crippen molar-refractivity contribution >= 4 is 5.97 Å². The fourth-order valence-electron chi connectivity index (χ4n) is 11.5. The minimum atomic E-state index is -0.785. The van der Waals surface area contributed by atoms with Crippen molar-refractivity contribution < 1.29 is 15.0 Å². The van der Waals surface area contributed by atoms with Crippen LogP contribution in [0.5, 0.6) is 0 Å². The number of hydrogen-bond donors (Lipinski definition) is 2. The molecule has 0 heterocycles. The second-order valence-corrected chi connectivity index (χ2v) is 14.7. The van der Waals surface area contributed by atoms with Crippen molar-refractivity contribution in [2.75, 3.05) is 0 Å². The van der Waals surface area contributed by atoms with E-state index in [1.807, 2.05) is 0 Å². The van der Waals surface area contributed by atoms with E-state index in [-0.39, 0.29) is 28.3 Å². The van der Waals surface area contributed by atoms with Gasteiger partial charge in [0.25, 0.3) is 0 Å². The lowest BCUT2D eigenvalue weighted by molar-refractivity contribution is -0.246. The van der Waals surface area contributed by atoms with E-state index in [0.717, 1.165) is 25.7 Å². The van der Waals surface area contributed by atoms with Crippen molar-refractivity contribution in [3.63, 3.8) is 0 Å². The van der Waals surface area contributed by atoms with Gasteiger partial charge in [-0.3, -0.25) is 0 Å². The Morgan fingerprint density at radius 1 is 0.788 bits per heavy atom. The van der Waals surface area contributed by atoms with Crippen LogP contribution in [0.1, 0.15) is 106 Å². The largest absolute Gasteiger partial charge is 0.478 e. The summed E-state index contributed by atoms with van der Waals surface area (Å²) in [5.74, 6) is 1.71. The maximum absolute atomic E-state index is 12.0. The van der Waals surface area contributed by atoms with Crippen molar-refractivity contribution in [1.82, 2.24) is 0 Å². The van der Waals surface area contributed by atoms with Gasteiger partial charge in [-0.1, -0.05) is 48.1 Å². The molecule has 0 radical (unpaired) electrons. The third-order valence-electron chi connectivity index (χ3n) is 13.6. The van der Waals surface area contributed by atoms with Crippen LogP contribution >= 0.6 is 0 Å². The molecule has 0 aliphatic heterocycles. The molecule has 0 spiro atoms. The number of fused-ring (bicyclic) bond motifs is 7. The highest BCUT2D eigenvalue weighted by Crippen LogP contribution is 2.77. The quantitative estimate of drug-likeness (QED) is 0.436. The third-order valence-corrected chi connectivity index (χ3v) is 13.6. The topological polar surface area (TPSA) is 57.5 Å². The molecule has 0 bridgehead atoms. The van der Waals surface area contributed by atoms with Crippen LogP contribution < -0.4 is 0 Å². The van der Waals surface area contributed by atoms with E-state index >= 15 is 0 Å². The Labute approximate surface area is 201 Å². The molecule has 2 unspecified atom stereocenters. The van der Waals surface area contributed by atoms with Crippen LogP contribution in [0.3, 0.4) is 0 Å². The van der Waals surface area contributed by atoms with Crippen LogP contribution in [0.2, 0.25) is 0 Å². The van der Waals surface area contributed by atoms with E-state index < -0.39 is 5.97 Å². The lowest BCUT2D eigenvalue weighted by atomic mass is 9.32. The molecule has 5 aliphatic carbocycles. The summed E-state index contributed by atoms with van der Waals surface area (Å²) in [6.07, 6.45) is 11.6. The highest BCUT2D eigenvalue weighted by molar-refractivity contribution is 5.86. The summed E-state index contributed by atoms with van der Waals surface area (Å²) < 4.78 is 0. The summed E-state index contributed by atoms with van der Waals surface area (Å²) in [5, 5.41) is 20.7. The zero-order valence-electron chi connectivity index (χ0n) is 22.0. The van der Waals surface area contributed by atoms with Crippen molar-refractivity contribution in [2.24, 2.45) is 56.7 Å². The fraction of sp³-hybridized carbons (Fsp3) is 0.900. The first-order valence-corrected chi connectivity index (χ1v) is 13.8. The molecule has 0 aromatic rings. The first kappa shape index (κ1) is 23.9.